The second kappa shape index (κ2) is 4.95. The van der Waals surface area contributed by atoms with Gasteiger partial charge in [-0.05, 0) is 60.7 Å². The summed E-state index contributed by atoms with van der Waals surface area (Å²) < 4.78 is 6.32. The van der Waals surface area contributed by atoms with Crippen molar-refractivity contribution in [3.8, 4) is 5.75 Å². The van der Waals surface area contributed by atoms with E-state index in [0.29, 0.717) is 0 Å². The molecule has 1 atom stereocenters. The van der Waals surface area contributed by atoms with E-state index in [-0.39, 0.29) is 11.1 Å². The molecule has 0 spiro atoms. The molecule has 0 aromatic heterocycles. The van der Waals surface area contributed by atoms with Crippen LogP contribution in [-0.4, -0.2) is 13.4 Å². The van der Waals surface area contributed by atoms with Crippen molar-refractivity contribution >= 4 is 8.32 Å². The minimum atomic E-state index is -1.77. The minimum absolute atomic E-state index is 0.211. The van der Waals surface area contributed by atoms with Gasteiger partial charge in [-0.25, -0.2) is 0 Å². The van der Waals surface area contributed by atoms with Gasteiger partial charge in [-0.1, -0.05) is 26.8 Å². The number of rotatable bonds is 2. The first-order valence-corrected chi connectivity index (χ1v) is 10.1. The summed E-state index contributed by atoms with van der Waals surface area (Å²) in [6.45, 7) is 11.3. The highest BCUT2D eigenvalue weighted by atomic mass is 28.4. The molecule has 2 rings (SSSR count). The molecule has 106 valence electrons. The second-order valence-electron chi connectivity index (χ2n) is 7.13. The number of aryl methyl sites for hydroxylation is 1. The van der Waals surface area contributed by atoms with Crippen LogP contribution in [0.5, 0.6) is 5.75 Å². The maximum Gasteiger partial charge on any atom is 0.250 e. The molecule has 0 unspecified atom stereocenters. The average Bonchev–Trinajstić information content (AvgIpc) is 2.27. The quantitative estimate of drug-likeness (QED) is 0.810. The van der Waals surface area contributed by atoms with Gasteiger partial charge in [0.15, 0.2) is 0 Å². The Hall–Kier alpha value is -0.803. The van der Waals surface area contributed by atoms with Gasteiger partial charge in [0.25, 0.3) is 0 Å². The van der Waals surface area contributed by atoms with Gasteiger partial charge >= 0.3 is 0 Å². The van der Waals surface area contributed by atoms with Crippen molar-refractivity contribution in [2.45, 2.75) is 64.3 Å². The van der Waals surface area contributed by atoms with Crippen molar-refractivity contribution in [1.29, 1.82) is 0 Å². The Labute approximate surface area is 117 Å². The zero-order chi connectivity index (χ0) is 14.3. The number of fused-ring (bicyclic) bond motifs is 1. The van der Waals surface area contributed by atoms with Crippen molar-refractivity contribution < 1.29 is 9.53 Å². The van der Waals surface area contributed by atoms with E-state index >= 15 is 0 Å². The molecule has 1 aliphatic rings. The third-order valence-corrected chi connectivity index (χ3v) is 8.93. The van der Waals surface area contributed by atoms with Gasteiger partial charge in [-0.15, -0.1) is 0 Å². The van der Waals surface area contributed by atoms with Crippen LogP contribution in [-0.2, 0) is 6.42 Å². The maximum atomic E-state index is 9.98. The van der Waals surface area contributed by atoms with Crippen LogP contribution in [0.2, 0.25) is 18.1 Å². The predicted molar refractivity (Wildman–Crippen MR) is 82.2 cm³/mol. The molecular formula is C16H26O2Si. The summed E-state index contributed by atoms with van der Waals surface area (Å²) in [5.74, 6) is 0.972. The van der Waals surface area contributed by atoms with Crippen molar-refractivity contribution in [3.63, 3.8) is 0 Å². The van der Waals surface area contributed by atoms with Crippen molar-refractivity contribution in [2.75, 3.05) is 0 Å². The fraction of sp³-hybridized carbons (Fsp3) is 0.625. The molecule has 3 heteroatoms. The maximum absolute atomic E-state index is 9.98. The Morgan fingerprint density at radius 2 is 1.95 bits per heavy atom. The molecule has 0 amide bonds. The lowest BCUT2D eigenvalue weighted by molar-refractivity contribution is 0.156. The second-order valence-corrected chi connectivity index (χ2v) is 11.9. The van der Waals surface area contributed by atoms with E-state index in [0.717, 1.165) is 30.6 Å². The van der Waals surface area contributed by atoms with Gasteiger partial charge in [-0.3, -0.25) is 0 Å². The summed E-state index contributed by atoms with van der Waals surface area (Å²) in [4.78, 5) is 0. The third-order valence-electron chi connectivity index (χ3n) is 4.58. The van der Waals surface area contributed by atoms with Gasteiger partial charge in [-0.2, -0.15) is 0 Å². The van der Waals surface area contributed by atoms with E-state index in [9.17, 15) is 5.11 Å². The molecule has 1 aromatic carbocycles. The molecule has 2 nitrogen and oxygen atoms in total. The lowest BCUT2D eigenvalue weighted by Gasteiger charge is -2.36. The summed E-state index contributed by atoms with van der Waals surface area (Å²) in [6.07, 6.45) is 2.72. The smallest absolute Gasteiger partial charge is 0.250 e. The monoisotopic (exact) mass is 278 g/mol. The Bertz CT molecular complexity index is 460. The standard InChI is InChI=1S/C16H26O2Si/c1-16(2,3)19(4,5)18-13-9-10-14-12(11-13)7-6-8-15(14)17/h9-11,15,17H,6-8H2,1-5H3/t15-/m0/s1. The van der Waals surface area contributed by atoms with Crippen LogP contribution in [0.15, 0.2) is 18.2 Å². The highest BCUT2D eigenvalue weighted by Crippen LogP contribution is 2.39. The Kier molecular flexibility index (Phi) is 3.80. The van der Waals surface area contributed by atoms with Crippen LogP contribution in [0.25, 0.3) is 0 Å². The first kappa shape index (κ1) is 14.6. The molecule has 0 heterocycles. The topological polar surface area (TPSA) is 29.5 Å². The summed E-state index contributed by atoms with van der Waals surface area (Å²) in [5.41, 5.74) is 2.35. The van der Waals surface area contributed by atoms with E-state index in [1.54, 1.807) is 0 Å². The number of hydrogen-bond acceptors (Lipinski definition) is 2. The molecule has 1 aliphatic carbocycles. The van der Waals surface area contributed by atoms with Crippen LogP contribution in [0.1, 0.15) is 50.8 Å². The summed E-state index contributed by atoms with van der Waals surface area (Å²) in [6, 6.07) is 6.20. The summed E-state index contributed by atoms with van der Waals surface area (Å²) >= 11 is 0. The normalized spacial score (nSPS) is 20.0. The molecule has 1 N–H and O–H groups in total. The van der Waals surface area contributed by atoms with Gasteiger partial charge in [0.05, 0.1) is 6.10 Å². The minimum Gasteiger partial charge on any atom is -0.543 e. The summed E-state index contributed by atoms with van der Waals surface area (Å²) in [7, 11) is -1.77. The lowest BCUT2D eigenvalue weighted by atomic mass is 9.89. The highest BCUT2D eigenvalue weighted by Gasteiger charge is 2.39. The molecule has 0 saturated heterocycles. The molecule has 0 fully saturated rings. The first-order valence-electron chi connectivity index (χ1n) is 7.20. The van der Waals surface area contributed by atoms with Crippen LogP contribution in [0, 0.1) is 0 Å². The molecule has 1 aromatic rings. The third kappa shape index (κ3) is 3.03. The molecule has 19 heavy (non-hydrogen) atoms. The number of aliphatic hydroxyl groups excluding tert-OH is 1. The van der Waals surface area contributed by atoms with E-state index in [2.05, 4.69) is 39.9 Å². The molecular weight excluding hydrogens is 252 g/mol. The predicted octanol–water partition coefficient (Wildman–Crippen LogP) is 4.44. The van der Waals surface area contributed by atoms with E-state index in [1.165, 1.54) is 5.56 Å². The lowest BCUT2D eigenvalue weighted by Crippen LogP contribution is -2.43. The van der Waals surface area contributed by atoms with Crippen LogP contribution in [0.4, 0.5) is 0 Å². The molecule has 0 bridgehead atoms. The summed E-state index contributed by atoms with van der Waals surface area (Å²) in [5, 5.41) is 10.2. The van der Waals surface area contributed by atoms with Crippen LogP contribution >= 0.6 is 0 Å². The van der Waals surface area contributed by atoms with Gasteiger partial charge in [0, 0.05) is 0 Å². The SMILES string of the molecule is CC(C)(C)[Si](C)(C)Oc1ccc2c(c1)CCC[C@@H]2O. The fourth-order valence-corrected chi connectivity index (χ4v) is 3.30. The Morgan fingerprint density at radius 1 is 1.26 bits per heavy atom. The number of aliphatic hydroxyl groups is 1. The van der Waals surface area contributed by atoms with Crippen LogP contribution in [0.3, 0.4) is 0 Å². The van der Waals surface area contributed by atoms with E-state index in [1.807, 2.05) is 12.1 Å². The van der Waals surface area contributed by atoms with E-state index in [4.69, 9.17) is 4.43 Å². The first-order chi connectivity index (χ1) is 8.71. The van der Waals surface area contributed by atoms with Crippen molar-refractivity contribution in [3.05, 3.63) is 29.3 Å². The molecule has 0 aliphatic heterocycles. The van der Waals surface area contributed by atoms with E-state index < -0.39 is 8.32 Å². The Balaban J connectivity index is 2.24. The fourth-order valence-electron chi connectivity index (χ4n) is 2.28. The Morgan fingerprint density at radius 3 is 2.58 bits per heavy atom. The van der Waals surface area contributed by atoms with Gasteiger partial charge < -0.3 is 9.53 Å². The van der Waals surface area contributed by atoms with Gasteiger partial charge in [0.2, 0.25) is 8.32 Å². The highest BCUT2D eigenvalue weighted by molar-refractivity contribution is 6.74. The van der Waals surface area contributed by atoms with Crippen molar-refractivity contribution in [2.24, 2.45) is 0 Å². The largest absolute Gasteiger partial charge is 0.543 e. The van der Waals surface area contributed by atoms with Gasteiger partial charge in [0.1, 0.15) is 5.75 Å². The zero-order valence-electron chi connectivity index (χ0n) is 12.8. The average molecular weight is 278 g/mol. The molecule has 0 radical (unpaired) electrons. The van der Waals surface area contributed by atoms with Crippen molar-refractivity contribution in [1.82, 2.24) is 0 Å². The van der Waals surface area contributed by atoms with Crippen LogP contribution < -0.4 is 4.43 Å². The number of benzene rings is 1. The molecule has 0 saturated carbocycles. The zero-order valence-corrected chi connectivity index (χ0v) is 13.8. The number of hydrogen-bond donors (Lipinski definition) is 1.